The van der Waals surface area contributed by atoms with Crippen molar-refractivity contribution in [2.24, 2.45) is 0 Å². The van der Waals surface area contributed by atoms with Crippen molar-refractivity contribution in [2.75, 3.05) is 6.54 Å². The maximum absolute atomic E-state index is 11.7. The van der Waals surface area contributed by atoms with Gasteiger partial charge in [0.2, 0.25) is 10.0 Å². The molecule has 16 heavy (non-hydrogen) atoms. The van der Waals surface area contributed by atoms with Crippen LogP contribution < -0.4 is 4.72 Å². The summed E-state index contributed by atoms with van der Waals surface area (Å²) in [5.41, 5.74) is 1.01. The number of aliphatic hydroxyl groups is 1. The average Bonchev–Trinajstić information content (AvgIpc) is 2.26. The smallest absolute Gasteiger partial charge is 0.240 e. The van der Waals surface area contributed by atoms with Crippen molar-refractivity contribution in [3.8, 4) is 0 Å². The fourth-order valence-electron chi connectivity index (χ4n) is 1.15. The predicted octanol–water partition coefficient (Wildman–Crippen LogP) is 1.04. The summed E-state index contributed by atoms with van der Waals surface area (Å²) < 4.78 is 25.9. The van der Waals surface area contributed by atoms with Crippen molar-refractivity contribution in [1.29, 1.82) is 0 Å². The maximum Gasteiger partial charge on any atom is 0.240 e. The molecule has 0 unspecified atom stereocenters. The number of aliphatic hydroxyl groups excluding tert-OH is 1. The summed E-state index contributed by atoms with van der Waals surface area (Å²) >= 11 is 0. The summed E-state index contributed by atoms with van der Waals surface area (Å²) in [5, 5.41) is 9.29. The highest BCUT2D eigenvalue weighted by Gasteiger charge is 2.14. The molecule has 4 nitrogen and oxygen atoms in total. The molecule has 0 aliphatic carbocycles. The van der Waals surface area contributed by atoms with E-state index < -0.39 is 16.1 Å². The van der Waals surface area contributed by atoms with E-state index in [2.05, 4.69) is 4.72 Å². The first kappa shape index (κ1) is 13.2. The first-order chi connectivity index (χ1) is 7.45. The van der Waals surface area contributed by atoms with Gasteiger partial charge >= 0.3 is 0 Å². The van der Waals surface area contributed by atoms with Crippen LogP contribution in [0.1, 0.15) is 18.9 Å². The highest BCUT2D eigenvalue weighted by molar-refractivity contribution is 7.89. The van der Waals surface area contributed by atoms with Crippen molar-refractivity contribution < 1.29 is 13.5 Å². The van der Waals surface area contributed by atoms with Gasteiger partial charge in [0.05, 0.1) is 11.0 Å². The zero-order valence-electron chi connectivity index (χ0n) is 9.47. The number of hydrogen-bond donors (Lipinski definition) is 2. The van der Waals surface area contributed by atoms with Gasteiger partial charge < -0.3 is 5.11 Å². The lowest BCUT2D eigenvalue weighted by Gasteiger charge is -2.10. The molecule has 0 bridgehead atoms. The molecule has 0 aliphatic rings. The van der Waals surface area contributed by atoms with Crippen LogP contribution in [0.5, 0.6) is 0 Å². The SMILES string of the molecule is CC[C@H](O)CNS(=O)(=O)c1ccc(C)cc1. The van der Waals surface area contributed by atoms with Crippen LogP contribution in [0.4, 0.5) is 0 Å². The van der Waals surface area contributed by atoms with E-state index in [1.165, 1.54) is 0 Å². The van der Waals surface area contributed by atoms with Crippen LogP contribution in [0.15, 0.2) is 29.2 Å². The Kier molecular flexibility index (Phi) is 4.46. The lowest BCUT2D eigenvalue weighted by atomic mass is 10.2. The Bertz CT molecular complexity index is 425. The summed E-state index contributed by atoms with van der Waals surface area (Å²) in [6, 6.07) is 6.58. The second-order valence-electron chi connectivity index (χ2n) is 3.73. The topological polar surface area (TPSA) is 66.4 Å². The zero-order chi connectivity index (χ0) is 12.2. The van der Waals surface area contributed by atoms with E-state index in [9.17, 15) is 13.5 Å². The van der Waals surface area contributed by atoms with Gasteiger partial charge in [0.1, 0.15) is 0 Å². The van der Waals surface area contributed by atoms with Crippen molar-refractivity contribution in [2.45, 2.75) is 31.3 Å². The third-order valence-corrected chi connectivity index (χ3v) is 3.75. The van der Waals surface area contributed by atoms with E-state index in [0.717, 1.165) is 5.56 Å². The van der Waals surface area contributed by atoms with Crippen LogP contribution in [0.25, 0.3) is 0 Å². The van der Waals surface area contributed by atoms with Crippen molar-refractivity contribution in [3.05, 3.63) is 29.8 Å². The van der Waals surface area contributed by atoms with Crippen LogP contribution >= 0.6 is 0 Å². The highest BCUT2D eigenvalue weighted by atomic mass is 32.2. The fourth-order valence-corrected chi connectivity index (χ4v) is 2.22. The molecule has 1 rings (SSSR count). The Morgan fingerprint density at radius 1 is 1.31 bits per heavy atom. The van der Waals surface area contributed by atoms with Crippen LogP contribution in [-0.2, 0) is 10.0 Å². The molecule has 1 aromatic rings. The average molecular weight is 243 g/mol. The van der Waals surface area contributed by atoms with E-state index in [1.807, 2.05) is 6.92 Å². The van der Waals surface area contributed by atoms with Crippen molar-refractivity contribution >= 4 is 10.0 Å². The summed E-state index contributed by atoms with van der Waals surface area (Å²) in [7, 11) is -3.49. The summed E-state index contributed by atoms with van der Waals surface area (Å²) in [6.45, 7) is 3.74. The minimum absolute atomic E-state index is 0.0483. The Hall–Kier alpha value is -0.910. The standard InChI is InChI=1S/C11H17NO3S/c1-3-10(13)8-12-16(14,15)11-6-4-9(2)5-7-11/h4-7,10,12-13H,3,8H2,1-2H3/t10-/m0/s1. The van der Waals surface area contributed by atoms with Crippen LogP contribution in [0.3, 0.4) is 0 Å². The minimum atomic E-state index is -3.49. The number of rotatable bonds is 5. The lowest BCUT2D eigenvalue weighted by molar-refractivity contribution is 0.174. The normalized spacial score (nSPS) is 13.7. The van der Waals surface area contributed by atoms with Crippen LogP contribution in [-0.4, -0.2) is 26.2 Å². The molecule has 0 aliphatic heterocycles. The van der Waals surface area contributed by atoms with Gasteiger partial charge in [0, 0.05) is 6.54 Å². The number of hydrogen-bond acceptors (Lipinski definition) is 3. The highest BCUT2D eigenvalue weighted by Crippen LogP contribution is 2.09. The molecule has 1 aromatic carbocycles. The lowest BCUT2D eigenvalue weighted by Crippen LogP contribution is -2.31. The molecule has 0 radical (unpaired) electrons. The summed E-state index contributed by atoms with van der Waals surface area (Å²) in [5.74, 6) is 0. The molecular formula is C11H17NO3S. The van der Waals surface area contributed by atoms with Gasteiger partial charge in [-0.3, -0.25) is 0 Å². The van der Waals surface area contributed by atoms with E-state index in [1.54, 1.807) is 31.2 Å². The molecule has 2 N–H and O–H groups in total. The molecular weight excluding hydrogens is 226 g/mol. The van der Waals surface area contributed by atoms with E-state index in [0.29, 0.717) is 6.42 Å². The number of sulfonamides is 1. The van der Waals surface area contributed by atoms with E-state index in [4.69, 9.17) is 0 Å². The fraction of sp³-hybridized carbons (Fsp3) is 0.455. The molecule has 1 atom stereocenters. The number of aryl methyl sites for hydroxylation is 1. The van der Waals surface area contributed by atoms with Crippen LogP contribution in [0.2, 0.25) is 0 Å². The molecule has 0 heterocycles. The van der Waals surface area contributed by atoms with Gasteiger partial charge in [0.25, 0.3) is 0 Å². The van der Waals surface area contributed by atoms with Gasteiger partial charge in [-0.2, -0.15) is 0 Å². The quantitative estimate of drug-likeness (QED) is 0.812. The summed E-state index contributed by atoms with van der Waals surface area (Å²) in [6.07, 6.45) is -0.114. The van der Waals surface area contributed by atoms with Gasteiger partial charge in [-0.15, -0.1) is 0 Å². The third-order valence-electron chi connectivity index (χ3n) is 2.31. The summed E-state index contributed by atoms with van der Waals surface area (Å²) in [4.78, 5) is 0.224. The van der Waals surface area contributed by atoms with Crippen molar-refractivity contribution in [3.63, 3.8) is 0 Å². The first-order valence-electron chi connectivity index (χ1n) is 5.20. The Morgan fingerprint density at radius 3 is 2.38 bits per heavy atom. The van der Waals surface area contributed by atoms with Gasteiger partial charge in [0.15, 0.2) is 0 Å². The Balaban J connectivity index is 2.74. The molecule has 90 valence electrons. The first-order valence-corrected chi connectivity index (χ1v) is 6.68. The van der Waals surface area contributed by atoms with Gasteiger partial charge in [-0.25, -0.2) is 13.1 Å². The molecule has 0 spiro atoms. The third kappa shape index (κ3) is 3.59. The molecule has 0 saturated carbocycles. The van der Waals surface area contributed by atoms with E-state index >= 15 is 0 Å². The largest absolute Gasteiger partial charge is 0.392 e. The molecule has 0 fully saturated rings. The zero-order valence-corrected chi connectivity index (χ0v) is 10.3. The molecule has 5 heteroatoms. The van der Waals surface area contributed by atoms with Crippen molar-refractivity contribution in [1.82, 2.24) is 4.72 Å². The van der Waals surface area contributed by atoms with Gasteiger partial charge in [-0.05, 0) is 25.5 Å². The second kappa shape index (κ2) is 5.43. The van der Waals surface area contributed by atoms with Gasteiger partial charge in [-0.1, -0.05) is 24.6 Å². The van der Waals surface area contributed by atoms with E-state index in [-0.39, 0.29) is 11.4 Å². The molecule has 0 amide bonds. The number of benzene rings is 1. The molecule has 0 aromatic heterocycles. The Labute approximate surface area is 96.4 Å². The molecule has 0 saturated heterocycles. The Morgan fingerprint density at radius 2 is 1.88 bits per heavy atom. The second-order valence-corrected chi connectivity index (χ2v) is 5.49. The number of nitrogens with one attached hydrogen (secondary N) is 1. The van der Waals surface area contributed by atoms with Crippen LogP contribution in [0, 0.1) is 6.92 Å². The predicted molar refractivity (Wildman–Crippen MR) is 62.7 cm³/mol. The maximum atomic E-state index is 11.7. The minimum Gasteiger partial charge on any atom is -0.392 e. The monoisotopic (exact) mass is 243 g/mol.